The number of aromatic nitrogens is 2. The van der Waals surface area contributed by atoms with Gasteiger partial charge in [-0.1, -0.05) is 0 Å². The van der Waals surface area contributed by atoms with Gasteiger partial charge in [-0.05, 0) is 25.3 Å². The summed E-state index contributed by atoms with van der Waals surface area (Å²) in [7, 11) is 0. The summed E-state index contributed by atoms with van der Waals surface area (Å²) in [6.07, 6.45) is 4.70. The lowest BCUT2D eigenvalue weighted by Crippen LogP contribution is -2.15. The fraction of sp³-hybridized carbons (Fsp3) is 0.545. The topological polar surface area (TPSA) is 84.3 Å². The summed E-state index contributed by atoms with van der Waals surface area (Å²) in [5, 5.41) is 19.4. The van der Waals surface area contributed by atoms with Crippen LogP contribution >= 0.6 is 0 Å². The minimum Gasteiger partial charge on any atom is -0.478 e. The molecule has 1 atom stereocenters. The van der Waals surface area contributed by atoms with Crippen LogP contribution in [0.15, 0.2) is 12.3 Å². The Bertz CT molecular complexity index is 391. The van der Waals surface area contributed by atoms with Crippen molar-refractivity contribution in [2.45, 2.75) is 25.4 Å². The molecular formula is C11H15N3O3. The van der Waals surface area contributed by atoms with Gasteiger partial charge in [-0.25, -0.2) is 4.79 Å². The van der Waals surface area contributed by atoms with Crippen molar-refractivity contribution in [1.29, 1.82) is 0 Å². The van der Waals surface area contributed by atoms with Gasteiger partial charge in [-0.2, -0.15) is 5.10 Å². The van der Waals surface area contributed by atoms with Crippen LogP contribution < -0.4 is 5.32 Å². The van der Waals surface area contributed by atoms with Gasteiger partial charge in [0.25, 0.3) is 0 Å². The minimum atomic E-state index is -1.00. The van der Waals surface area contributed by atoms with Crippen LogP contribution in [0.1, 0.15) is 29.6 Å². The van der Waals surface area contributed by atoms with Crippen molar-refractivity contribution in [3.8, 4) is 0 Å². The molecule has 0 aliphatic carbocycles. The Hall–Kier alpha value is -1.69. The Balaban J connectivity index is 1.87. The van der Waals surface area contributed by atoms with E-state index in [1.54, 1.807) is 0 Å². The zero-order chi connectivity index (χ0) is 12.1. The van der Waals surface area contributed by atoms with E-state index < -0.39 is 5.97 Å². The molecule has 2 heterocycles. The number of carbonyl (C=O) groups is 1. The Morgan fingerprint density at radius 2 is 2.53 bits per heavy atom. The third kappa shape index (κ3) is 3.13. The molecule has 1 aromatic heterocycles. The lowest BCUT2D eigenvalue weighted by atomic mass is 10.2. The summed E-state index contributed by atoms with van der Waals surface area (Å²) in [4.78, 5) is 10.9. The zero-order valence-corrected chi connectivity index (χ0v) is 9.43. The van der Waals surface area contributed by atoms with Crippen LogP contribution in [0.4, 0.5) is 5.82 Å². The van der Waals surface area contributed by atoms with E-state index >= 15 is 0 Å². The molecule has 2 rings (SSSR count). The quantitative estimate of drug-likeness (QED) is 0.799. The van der Waals surface area contributed by atoms with Gasteiger partial charge in [0, 0.05) is 13.2 Å². The van der Waals surface area contributed by atoms with Crippen LogP contribution in [0.5, 0.6) is 0 Å². The lowest BCUT2D eigenvalue weighted by Gasteiger charge is -2.11. The summed E-state index contributed by atoms with van der Waals surface area (Å²) < 4.78 is 5.48. The maximum absolute atomic E-state index is 10.9. The molecule has 0 spiro atoms. The van der Waals surface area contributed by atoms with Crippen LogP contribution in [-0.4, -0.2) is 40.5 Å². The molecule has 1 saturated heterocycles. The number of carboxylic acid groups (broad SMARTS) is 1. The highest BCUT2D eigenvalue weighted by molar-refractivity contribution is 5.92. The lowest BCUT2D eigenvalue weighted by molar-refractivity contribution is 0.0697. The van der Waals surface area contributed by atoms with Crippen molar-refractivity contribution < 1.29 is 14.6 Å². The highest BCUT2D eigenvalue weighted by Gasteiger charge is 2.16. The molecule has 6 heteroatoms. The molecule has 92 valence electrons. The van der Waals surface area contributed by atoms with E-state index in [0.29, 0.717) is 12.4 Å². The predicted molar refractivity (Wildman–Crippen MR) is 61.1 cm³/mol. The fourth-order valence-electron chi connectivity index (χ4n) is 1.86. The van der Waals surface area contributed by atoms with Gasteiger partial charge in [0.15, 0.2) is 5.82 Å². The summed E-state index contributed by atoms with van der Waals surface area (Å²) in [5.74, 6) is -0.683. The van der Waals surface area contributed by atoms with E-state index in [4.69, 9.17) is 9.84 Å². The normalized spacial score (nSPS) is 19.2. The first kappa shape index (κ1) is 11.8. The Morgan fingerprint density at radius 1 is 1.65 bits per heavy atom. The molecular weight excluding hydrogens is 222 g/mol. The van der Waals surface area contributed by atoms with Gasteiger partial charge < -0.3 is 15.2 Å². The molecule has 17 heavy (non-hydrogen) atoms. The second-order valence-corrected chi connectivity index (χ2v) is 3.95. The van der Waals surface area contributed by atoms with Crippen LogP contribution in [0.25, 0.3) is 0 Å². The van der Waals surface area contributed by atoms with Crippen molar-refractivity contribution in [2.24, 2.45) is 0 Å². The maximum Gasteiger partial charge on any atom is 0.339 e. The molecule has 0 bridgehead atoms. The smallest absolute Gasteiger partial charge is 0.339 e. The predicted octanol–water partition coefficient (Wildman–Crippen LogP) is 1.16. The van der Waals surface area contributed by atoms with Crippen LogP contribution in [0.3, 0.4) is 0 Å². The number of aromatic carboxylic acids is 1. The Morgan fingerprint density at radius 3 is 3.24 bits per heavy atom. The average molecular weight is 237 g/mol. The van der Waals surface area contributed by atoms with Crippen LogP contribution in [0, 0.1) is 0 Å². The maximum atomic E-state index is 10.9. The van der Waals surface area contributed by atoms with Gasteiger partial charge in [-0.15, -0.1) is 5.10 Å². The summed E-state index contributed by atoms with van der Waals surface area (Å²) in [6, 6.07) is 1.43. The number of nitrogens with zero attached hydrogens (tertiary/aromatic N) is 2. The molecule has 1 aliphatic heterocycles. The van der Waals surface area contributed by atoms with Crippen molar-refractivity contribution in [3.05, 3.63) is 17.8 Å². The van der Waals surface area contributed by atoms with E-state index in [2.05, 4.69) is 15.5 Å². The highest BCUT2D eigenvalue weighted by atomic mass is 16.5. The first-order valence-corrected chi connectivity index (χ1v) is 5.68. The van der Waals surface area contributed by atoms with E-state index in [1.165, 1.54) is 12.3 Å². The second kappa shape index (κ2) is 5.58. The molecule has 0 radical (unpaired) electrons. The molecule has 2 N–H and O–H groups in total. The number of ether oxygens (including phenoxy) is 1. The van der Waals surface area contributed by atoms with Crippen LogP contribution in [0.2, 0.25) is 0 Å². The van der Waals surface area contributed by atoms with Crippen LogP contribution in [-0.2, 0) is 4.74 Å². The molecule has 1 aromatic rings. The first-order valence-electron chi connectivity index (χ1n) is 5.68. The number of carboxylic acids is 1. The Labute approximate surface area is 99.0 Å². The summed E-state index contributed by atoms with van der Waals surface area (Å²) >= 11 is 0. The average Bonchev–Trinajstić information content (AvgIpc) is 2.82. The number of hydrogen-bond donors (Lipinski definition) is 2. The highest BCUT2D eigenvalue weighted by Crippen LogP contribution is 2.16. The molecule has 0 saturated carbocycles. The molecule has 0 amide bonds. The first-order chi connectivity index (χ1) is 8.27. The minimum absolute atomic E-state index is 0.146. The summed E-state index contributed by atoms with van der Waals surface area (Å²) in [5.41, 5.74) is 0.146. The van der Waals surface area contributed by atoms with Crippen molar-refractivity contribution in [1.82, 2.24) is 10.2 Å². The number of rotatable bonds is 5. The Kier molecular flexibility index (Phi) is 3.87. The van der Waals surface area contributed by atoms with Gasteiger partial charge in [0.1, 0.15) is 5.56 Å². The van der Waals surface area contributed by atoms with Gasteiger partial charge in [0.2, 0.25) is 0 Å². The fourth-order valence-corrected chi connectivity index (χ4v) is 1.86. The van der Waals surface area contributed by atoms with E-state index in [9.17, 15) is 4.79 Å². The largest absolute Gasteiger partial charge is 0.478 e. The van der Waals surface area contributed by atoms with Crippen molar-refractivity contribution >= 4 is 11.8 Å². The zero-order valence-electron chi connectivity index (χ0n) is 9.43. The van der Waals surface area contributed by atoms with E-state index in [-0.39, 0.29) is 11.7 Å². The van der Waals surface area contributed by atoms with Gasteiger partial charge in [-0.3, -0.25) is 0 Å². The molecule has 1 unspecified atom stereocenters. The number of nitrogens with one attached hydrogen (secondary N) is 1. The number of hydrogen-bond acceptors (Lipinski definition) is 5. The SMILES string of the molecule is O=C(O)c1ccnnc1NCCC1CCCO1. The second-order valence-electron chi connectivity index (χ2n) is 3.95. The molecule has 1 aliphatic rings. The van der Waals surface area contributed by atoms with E-state index in [0.717, 1.165) is 25.9 Å². The third-order valence-electron chi connectivity index (χ3n) is 2.73. The number of anilines is 1. The van der Waals surface area contributed by atoms with Crippen molar-refractivity contribution in [3.63, 3.8) is 0 Å². The molecule has 6 nitrogen and oxygen atoms in total. The molecule has 0 aromatic carbocycles. The third-order valence-corrected chi connectivity index (χ3v) is 2.73. The molecule has 1 fully saturated rings. The van der Waals surface area contributed by atoms with Gasteiger partial charge in [0.05, 0.1) is 12.3 Å². The summed E-state index contributed by atoms with van der Waals surface area (Å²) in [6.45, 7) is 1.47. The van der Waals surface area contributed by atoms with Gasteiger partial charge >= 0.3 is 5.97 Å². The standard InChI is InChI=1S/C11H15N3O3/c15-11(16)9-4-6-13-14-10(9)12-5-3-8-2-1-7-17-8/h4,6,8H,1-3,5,7H2,(H,12,14)(H,15,16). The van der Waals surface area contributed by atoms with E-state index in [1.807, 2.05) is 0 Å². The van der Waals surface area contributed by atoms with Crippen molar-refractivity contribution in [2.75, 3.05) is 18.5 Å². The monoisotopic (exact) mass is 237 g/mol.